The summed E-state index contributed by atoms with van der Waals surface area (Å²) in [4.78, 5) is 51.1. The van der Waals surface area contributed by atoms with Crippen molar-refractivity contribution in [3.63, 3.8) is 0 Å². The molecule has 9 nitrogen and oxygen atoms in total. The highest BCUT2D eigenvalue weighted by Gasteiger charge is 2.34. The van der Waals surface area contributed by atoms with Crippen LogP contribution in [0.2, 0.25) is 0 Å². The zero-order valence-electron chi connectivity index (χ0n) is 20.3. The second-order valence-electron chi connectivity index (χ2n) is 8.69. The van der Waals surface area contributed by atoms with Crippen molar-refractivity contribution in [1.29, 1.82) is 0 Å². The van der Waals surface area contributed by atoms with Crippen molar-refractivity contribution in [2.45, 2.75) is 71.1 Å². The van der Waals surface area contributed by atoms with E-state index in [9.17, 15) is 19.2 Å². The summed E-state index contributed by atoms with van der Waals surface area (Å²) in [6.07, 6.45) is 1.42. The van der Waals surface area contributed by atoms with E-state index < -0.39 is 41.9 Å². The van der Waals surface area contributed by atoms with Crippen molar-refractivity contribution < 1.29 is 28.7 Å². The fourth-order valence-electron chi connectivity index (χ4n) is 3.60. The lowest BCUT2D eigenvalue weighted by atomic mass is 10.0. The van der Waals surface area contributed by atoms with Gasteiger partial charge < -0.3 is 25.4 Å². The van der Waals surface area contributed by atoms with Gasteiger partial charge in [0.05, 0.1) is 12.8 Å². The van der Waals surface area contributed by atoms with Gasteiger partial charge in [0.2, 0.25) is 5.91 Å². The van der Waals surface area contributed by atoms with E-state index in [-0.39, 0.29) is 11.6 Å². The number of methoxy groups -OCH3 is 1. The number of rotatable bonds is 8. The average Bonchev–Trinajstić information content (AvgIpc) is 2.80. The van der Waals surface area contributed by atoms with Gasteiger partial charge in [-0.1, -0.05) is 45.9 Å². The molecule has 1 aromatic carbocycles. The van der Waals surface area contributed by atoms with Gasteiger partial charge in [-0.25, -0.2) is 4.79 Å². The predicted molar refractivity (Wildman–Crippen MR) is 127 cm³/mol. The summed E-state index contributed by atoms with van der Waals surface area (Å²) in [5.74, 6) is -2.05. The molecular weight excluding hydrogens is 438 g/mol. The van der Waals surface area contributed by atoms with Crippen LogP contribution >= 0.6 is 0 Å². The summed E-state index contributed by atoms with van der Waals surface area (Å²) in [7, 11) is 1.60. The van der Waals surface area contributed by atoms with Crippen LogP contribution in [-0.2, 0) is 30.3 Å². The molecular formula is C25H35N3O6. The van der Waals surface area contributed by atoms with Crippen LogP contribution in [0.4, 0.5) is 0 Å². The van der Waals surface area contributed by atoms with Gasteiger partial charge in [0.15, 0.2) is 6.10 Å². The number of hydrogen-bond donors (Lipinski definition) is 3. The molecule has 2 rings (SSSR count). The Kier molecular flexibility index (Phi) is 10.1. The number of esters is 1. The number of hydrogen-bond acceptors (Lipinski definition) is 6. The number of cyclic esters (lactones) is 1. The number of benzene rings is 1. The topological polar surface area (TPSA) is 123 Å². The largest absolute Gasteiger partial charge is 0.497 e. The molecule has 1 aliphatic rings. The minimum atomic E-state index is -1.09. The van der Waals surface area contributed by atoms with E-state index in [1.54, 1.807) is 21.0 Å². The van der Waals surface area contributed by atoms with Crippen molar-refractivity contribution in [3.05, 3.63) is 42.1 Å². The van der Waals surface area contributed by atoms with Crippen molar-refractivity contribution in [1.82, 2.24) is 16.0 Å². The molecule has 3 atom stereocenters. The first-order chi connectivity index (χ1) is 16.2. The quantitative estimate of drug-likeness (QED) is 0.392. The smallest absolute Gasteiger partial charge is 0.329 e. The monoisotopic (exact) mass is 473 g/mol. The summed E-state index contributed by atoms with van der Waals surface area (Å²) >= 11 is 0. The standard InChI is InChI=1S/C25H35N3O6/c1-6-8-20-25(32)34-21(15(2)3)24(31)27-19(23(30)26-16(4)22(29)28-20)10-7-9-17-11-13-18(33-5)14-12-17/h11-15,19-21H,4,6-10H2,1-3,5H3,(H,26,30)(H,27,31)(H,28,29)/t19-,20-,21-/m0/s1. The zero-order valence-corrected chi connectivity index (χ0v) is 20.3. The molecule has 3 N–H and O–H groups in total. The molecule has 1 fully saturated rings. The van der Waals surface area contributed by atoms with Gasteiger partial charge in [0, 0.05) is 0 Å². The Labute approximate surface area is 200 Å². The second-order valence-corrected chi connectivity index (χ2v) is 8.69. The van der Waals surface area contributed by atoms with Gasteiger partial charge in [-0.2, -0.15) is 0 Å². The van der Waals surface area contributed by atoms with Crippen LogP contribution in [-0.4, -0.2) is 49.0 Å². The van der Waals surface area contributed by atoms with Crippen molar-refractivity contribution in [2.24, 2.45) is 5.92 Å². The Morgan fingerprint density at radius 3 is 2.26 bits per heavy atom. The number of amides is 3. The van der Waals surface area contributed by atoms with Crippen LogP contribution in [0.15, 0.2) is 36.5 Å². The molecule has 0 aliphatic carbocycles. The van der Waals surface area contributed by atoms with Gasteiger partial charge in [-0.15, -0.1) is 0 Å². The molecule has 1 aliphatic heterocycles. The lowest BCUT2D eigenvalue weighted by Crippen LogP contribution is -2.55. The molecule has 1 saturated heterocycles. The summed E-state index contributed by atoms with van der Waals surface area (Å²) in [5.41, 5.74) is 0.856. The second kappa shape index (κ2) is 12.8. The first-order valence-electron chi connectivity index (χ1n) is 11.6. The number of ether oxygens (including phenoxy) is 2. The van der Waals surface area contributed by atoms with Gasteiger partial charge in [0.1, 0.15) is 17.8 Å². The fraction of sp³-hybridized carbons (Fsp3) is 0.520. The first-order valence-corrected chi connectivity index (χ1v) is 11.6. The van der Waals surface area contributed by atoms with Crippen LogP contribution in [0.1, 0.15) is 52.0 Å². The van der Waals surface area contributed by atoms with Crippen molar-refractivity contribution in [2.75, 3.05) is 7.11 Å². The molecule has 186 valence electrons. The molecule has 0 saturated carbocycles. The molecule has 34 heavy (non-hydrogen) atoms. The Balaban J connectivity index is 2.19. The third kappa shape index (κ3) is 7.60. The maximum absolute atomic E-state index is 13.0. The molecule has 0 bridgehead atoms. The number of aryl methyl sites for hydroxylation is 1. The average molecular weight is 474 g/mol. The molecule has 0 unspecified atom stereocenters. The fourth-order valence-corrected chi connectivity index (χ4v) is 3.60. The van der Waals surface area contributed by atoms with Gasteiger partial charge >= 0.3 is 5.97 Å². The minimum absolute atomic E-state index is 0.200. The number of carbonyl (C=O) groups is 4. The minimum Gasteiger partial charge on any atom is -0.497 e. The lowest BCUT2D eigenvalue weighted by molar-refractivity contribution is -0.162. The van der Waals surface area contributed by atoms with E-state index >= 15 is 0 Å². The molecule has 3 amide bonds. The van der Waals surface area contributed by atoms with Crippen molar-refractivity contribution in [3.8, 4) is 5.75 Å². The Morgan fingerprint density at radius 2 is 1.68 bits per heavy atom. The molecule has 0 aromatic heterocycles. The van der Waals surface area contributed by atoms with E-state index in [1.165, 1.54) is 0 Å². The third-order valence-electron chi connectivity index (χ3n) is 5.57. The molecule has 0 radical (unpaired) electrons. The molecule has 1 heterocycles. The lowest BCUT2D eigenvalue weighted by Gasteiger charge is -2.28. The first kappa shape index (κ1) is 26.9. The highest BCUT2D eigenvalue weighted by atomic mass is 16.5. The van der Waals surface area contributed by atoms with E-state index in [2.05, 4.69) is 22.5 Å². The zero-order chi connectivity index (χ0) is 25.3. The molecule has 1 aromatic rings. The molecule has 9 heteroatoms. The highest BCUT2D eigenvalue weighted by Crippen LogP contribution is 2.16. The Bertz CT molecular complexity index is 896. The van der Waals surface area contributed by atoms with Crippen molar-refractivity contribution >= 4 is 23.7 Å². The highest BCUT2D eigenvalue weighted by molar-refractivity contribution is 6.01. The van der Waals surface area contributed by atoms with E-state index in [0.717, 1.165) is 11.3 Å². The summed E-state index contributed by atoms with van der Waals surface area (Å²) in [6.45, 7) is 8.96. The SMILES string of the molecule is C=C1NC(=O)[C@H](CCCc2ccc(OC)cc2)NC(=O)[C@H](C(C)C)OC(=O)[C@H](CCC)NC1=O. The van der Waals surface area contributed by atoms with Crippen LogP contribution in [0.3, 0.4) is 0 Å². The van der Waals surface area contributed by atoms with Crippen LogP contribution in [0, 0.1) is 5.92 Å². The van der Waals surface area contributed by atoms with E-state index in [4.69, 9.17) is 9.47 Å². The third-order valence-corrected chi connectivity index (χ3v) is 5.57. The normalized spacial score (nSPS) is 22.1. The molecule has 0 spiro atoms. The summed E-state index contributed by atoms with van der Waals surface area (Å²) in [6, 6.07) is 5.71. The van der Waals surface area contributed by atoms with Gasteiger partial charge in [0.25, 0.3) is 11.8 Å². The maximum Gasteiger partial charge on any atom is 0.329 e. The van der Waals surface area contributed by atoms with Gasteiger partial charge in [-0.05, 0) is 49.3 Å². The van der Waals surface area contributed by atoms with E-state index in [0.29, 0.717) is 32.1 Å². The number of carbonyl (C=O) groups excluding carboxylic acids is 4. The van der Waals surface area contributed by atoms with Gasteiger partial charge in [-0.3, -0.25) is 14.4 Å². The van der Waals surface area contributed by atoms with Crippen LogP contribution in [0.5, 0.6) is 5.75 Å². The summed E-state index contributed by atoms with van der Waals surface area (Å²) < 4.78 is 10.6. The maximum atomic E-state index is 13.0. The summed E-state index contributed by atoms with van der Waals surface area (Å²) in [5, 5.41) is 7.73. The van der Waals surface area contributed by atoms with Crippen LogP contribution < -0.4 is 20.7 Å². The Morgan fingerprint density at radius 1 is 1.00 bits per heavy atom. The predicted octanol–water partition coefficient (Wildman–Crippen LogP) is 2.00. The Hall–Kier alpha value is -3.36. The van der Waals surface area contributed by atoms with Crippen LogP contribution in [0.25, 0.3) is 0 Å². The number of nitrogens with one attached hydrogen (secondary N) is 3. The van der Waals surface area contributed by atoms with E-state index in [1.807, 2.05) is 31.2 Å².